The van der Waals surface area contributed by atoms with Crippen LogP contribution in [0.2, 0.25) is 10.0 Å². The first-order valence-electron chi connectivity index (χ1n) is 9.17. The molecule has 0 bridgehead atoms. The number of sulfonamides is 1. The molecule has 156 valence electrons. The van der Waals surface area contributed by atoms with Crippen LogP contribution in [0, 0.1) is 0 Å². The van der Waals surface area contributed by atoms with Gasteiger partial charge in [-0.25, -0.2) is 8.42 Å². The zero-order valence-electron chi connectivity index (χ0n) is 16.0. The molecule has 9 heteroatoms. The fourth-order valence-corrected chi connectivity index (χ4v) is 4.98. The molecule has 1 saturated heterocycles. The molecule has 2 aromatic carbocycles. The van der Waals surface area contributed by atoms with Gasteiger partial charge in [0, 0.05) is 32.6 Å². The SMILES string of the molecule is COc1ccc(CCC(=O)N2CCN(S(=O)(=O)c3ccc(Cl)c(Cl)c3)CC2)cc1. The second kappa shape index (κ2) is 9.34. The Labute approximate surface area is 181 Å². The van der Waals surface area contributed by atoms with Crippen molar-refractivity contribution in [2.75, 3.05) is 33.3 Å². The molecule has 1 aliphatic heterocycles. The summed E-state index contributed by atoms with van der Waals surface area (Å²) in [5, 5.41) is 0.498. The molecule has 1 heterocycles. The number of piperazine rings is 1. The lowest BCUT2D eigenvalue weighted by Gasteiger charge is -2.34. The summed E-state index contributed by atoms with van der Waals surface area (Å²) < 4.78 is 32.1. The van der Waals surface area contributed by atoms with Gasteiger partial charge in [0.25, 0.3) is 0 Å². The smallest absolute Gasteiger partial charge is 0.243 e. The average Bonchev–Trinajstić information content (AvgIpc) is 2.74. The summed E-state index contributed by atoms with van der Waals surface area (Å²) in [6, 6.07) is 11.9. The molecule has 1 amide bonds. The summed E-state index contributed by atoms with van der Waals surface area (Å²) in [5.41, 5.74) is 1.06. The Morgan fingerprint density at radius 2 is 1.66 bits per heavy atom. The molecule has 0 radical (unpaired) electrons. The molecule has 0 aliphatic carbocycles. The minimum Gasteiger partial charge on any atom is -0.497 e. The number of nitrogens with zero attached hydrogens (tertiary/aromatic N) is 2. The second-order valence-electron chi connectivity index (χ2n) is 6.71. The normalized spacial score (nSPS) is 15.3. The van der Waals surface area contributed by atoms with Crippen molar-refractivity contribution in [1.82, 2.24) is 9.21 Å². The zero-order chi connectivity index (χ0) is 21.0. The molecule has 6 nitrogen and oxygen atoms in total. The number of benzene rings is 2. The first kappa shape index (κ1) is 21.9. The predicted octanol–water partition coefficient (Wildman–Crippen LogP) is 3.47. The number of carbonyl (C=O) groups excluding carboxylic acids is 1. The van der Waals surface area contributed by atoms with E-state index in [-0.39, 0.29) is 28.9 Å². The van der Waals surface area contributed by atoms with Crippen LogP contribution in [0.4, 0.5) is 0 Å². The lowest BCUT2D eigenvalue weighted by atomic mass is 10.1. The molecular formula is C20H22Cl2N2O4S. The molecule has 0 aromatic heterocycles. The molecular weight excluding hydrogens is 435 g/mol. The van der Waals surface area contributed by atoms with Gasteiger partial charge in [-0.05, 0) is 42.3 Å². The number of carbonyl (C=O) groups is 1. The first-order valence-corrected chi connectivity index (χ1v) is 11.4. The minimum absolute atomic E-state index is 0.0207. The topological polar surface area (TPSA) is 66.9 Å². The van der Waals surface area contributed by atoms with Gasteiger partial charge in [-0.15, -0.1) is 0 Å². The summed E-state index contributed by atoms with van der Waals surface area (Å²) in [7, 11) is -2.06. The summed E-state index contributed by atoms with van der Waals surface area (Å²) in [5.74, 6) is 0.798. The van der Waals surface area contributed by atoms with Crippen LogP contribution in [0.3, 0.4) is 0 Å². The molecule has 2 aromatic rings. The Balaban J connectivity index is 1.54. The Morgan fingerprint density at radius 3 is 2.24 bits per heavy atom. The minimum atomic E-state index is -3.67. The van der Waals surface area contributed by atoms with Crippen molar-refractivity contribution in [3.05, 3.63) is 58.1 Å². The van der Waals surface area contributed by atoms with Gasteiger partial charge in [0.15, 0.2) is 0 Å². The van der Waals surface area contributed by atoms with Crippen molar-refractivity contribution in [1.29, 1.82) is 0 Å². The van der Waals surface area contributed by atoms with Gasteiger partial charge in [0.1, 0.15) is 5.75 Å². The van der Waals surface area contributed by atoms with E-state index in [1.807, 2.05) is 24.3 Å². The van der Waals surface area contributed by atoms with E-state index in [1.54, 1.807) is 12.0 Å². The fourth-order valence-electron chi connectivity index (χ4n) is 3.17. The average molecular weight is 457 g/mol. The monoisotopic (exact) mass is 456 g/mol. The largest absolute Gasteiger partial charge is 0.497 e. The highest BCUT2D eigenvalue weighted by Gasteiger charge is 2.30. The summed E-state index contributed by atoms with van der Waals surface area (Å²) in [4.78, 5) is 14.3. The lowest BCUT2D eigenvalue weighted by Crippen LogP contribution is -2.50. The quantitative estimate of drug-likeness (QED) is 0.667. The maximum atomic E-state index is 12.8. The maximum absolute atomic E-state index is 12.8. The second-order valence-corrected chi connectivity index (χ2v) is 9.46. The molecule has 0 N–H and O–H groups in total. The fraction of sp³-hybridized carbons (Fsp3) is 0.350. The van der Waals surface area contributed by atoms with E-state index in [0.717, 1.165) is 11.3 Å². The van der Waals surface area contributed by atoms with Gasteiger partial charge >= 0.3 is 0 Å². The Kier molecular flexibility index (Phi) is 7.05. The van der Waals surface area contributed by atoms with E-state index in [2.05, 4.69) is 0 Å². The third-order valence-corrected chi connectivity index (χ3v) is 7.54. The van der Waals surface area contributed by atoms with E-state index < -0.39 is 10.0 Å². The third kappa shape index (κ3) is 5.22. The number of aryl methyl sites for hydroxylation is 1. The van der Waals surface area contributed by atoms with Crippen molar-refractivity contribution in [2.24, 2.45) is 0 Å². The van der Waals surface area contributed by atoms with Crippen molar-refractivity contribution < 1.29 is 17.9 Å². The van der Waals surface area contributed by atoms with Gasteiger partial charge in [-0.1, -0.05) is 35.3 Å². The standard InChI is InChI=1S/C20H22Cl2N2O4S/c1-28-16-5-2-15(3-6-16)4-9-20(25)23-10-12-24(13-11-23)29(26,27)17-7-8-18(21)19(22)14-17/h2-3,5-8,14H,4,9-13H2,1H3. The number of hydrogen-bond donors (Lipinski definition) is 0. The van der Waals surface area contributed by atoms with Crippen molar-refractivity contribution in [3.8, 4) is 5.75 Å². The summed E-state index contributed by atoms with van der Waals surface area (Å²) in [6.07, 6.45) is 1.01. The molecule has 0 saturated carbocycles. The number of halogens is 2. The van der Waals surface area contributed by atoms with E-state index in [0.29, 0.717) is 31.0 Å². The molecule has 29 heavy (non-hydrogen) atoms. The molecule has 1 fully saturated rings. The highest BCUT2D eigenvalue weighted by molar-refractivity contribution is 7.89. The van der Waals surface area contributed by atoms with Crippen molar-refractivity contribution in [3.63, 3.8) is 0 Å². The van der Waals surface area contributed by atoms with E-state index in [9.17, 15) is 13.2 Å². The van der Waals surface area contributed by atoms with Crippen LogP contribution in [0.5, 0.6) is 5.75 Å². The summed E-state index contributed by atoms with van der Waals surface area (Å²) in [6.45, 7) is 1.22. The van der Waals surface area contributed by atoms with Crippen LogP contribution in [-0.2, 0) is 21.2 Å². The molecule has 0 spiro atoms. The summed E-state index contributed by atoms with van der Waals surface area (Å²) >= 11 is 11.8. The van der Waals surface area contributed by atoms with Gasteiger partial charge in [-0.3, -0.25) is 4.79 Å². The van der Waals surface area contributed by atoms with Gasteiger partial charge < -0.3 is 9.64 Å². The predicted molar refractivity (Wildman–Crippen MR) is 113 cm³/mol. The van der Waals surface area contributed by atoms with E-state index in [4.69, 9.17) is 27.9 Å². The van der Waals surface area contributed by atoms with Crippen molar-refractivity contribution in [2.45, 2.75) is 17.7 Å². The van der Waals surface area contributed by atoms with E-state index in [1.165, 1.54) is 22.5 Å². The lowest BCUT2D eigenvalue weighted by molar-refractivity contribution is -0.132. The van der Waals surface area contributed by atoms with Gasteiger partial charge in [0.05, 0.1) is 22.1 Å². The number of amides is 1. The highest BCUT2D eigenvalue weighted by atomic mass is 35.5. The number of rotatable bonds is 6. The Bertz CT molecular complexity index is 972. The first-order chi connectivity index (χ1) is 13.8. The van der Waals surface area contributed by atoms with Crippen LogP contribution in [0.25, 0.3) is 0 Å². The van der Waals surface area contributed by atoms with Crippen LogP contribution in [-0.4, -0.2) is 56.8 Å². The van der Waals surface area contributed by atoms with Crippen LogP contribution in [0.1, 0.15) is 12.0 Å². The van der Waals surface area contributed by atoms with Crippen LogP contribution < -0.4 is 4.74 Å². The third-order valence-electron chi connectivity index (χ3n) is 4.91. The molecule has 0 atom stereocenters. The highest BCUT2D eigenvalue weighted by Crippen LogP contribution is 2.27. The molecule has 1 aliphatic rings. The van der Waals surface area contributed by atoms with Crippen molar-refractivity contribution >= 4 is 39.1 Å². The number of ether oxygens (including phenoxy) is 1. The number of methoxy groups -OCH3 is 1. The Morgan fingerprint density at radius 1 is 1.00 bits per heavy atom. The Hall–Kier alpha value is -1.80. The van der Waals surface area contributed by atoms with Crippen LogP contribution >= 0.6 is 23.2 Å². The number of hydrogen-bond acceptors (Lipinski definition) is 4. The van der Waals surface area contributed by atoms with Gasteiger partial charge in [-0.2, -0.15) is 4.31 Å². The maximum Gasteiger partial charge on any atom is 0.243 e. The van der Waals surface area contributed by atoms with Crippen LogP contribution in [0.15, 0.2) is 47.4 Å². The molecule has 0 unspecified atom stereocenters. The zero-order valence-corrected chi connectivity index (χ0v) is 18.3. The van der Waals surface area contributed by atoms with Gasteiger partial charge in [0.2, 0.25) is 15.9 Å². The molecule has 3 rings (SSSR count). The van der Waals surface area contributed by atoms with E-state index >= 15 is 0 Å².